The highest BCUT2D eigenvalue weighted by Crippen LogP contribution is 2.47. The van der Waals surface area contributed by atoms with E-state index in [0.29, 0.717) is 16.9 Å². The smallest absolute Gasteiger partial charge is 0.240 e. The fourth-order valence-electron chi connectivity index (χ4n) is 4.06. The molecule has 0 bridgehead atoms. The number of hydrogen-bond donors (Lipinski definition) is 2. The summed E-state index contributed by atoms with van der Waals surface area (Å²) in [6, 6.07) is 7.22. The number of hydrogen-bond acceptors (Lipinski definition) is 3. The van der Waals surface area contributed by atoms with E-state index >= 15 is 0 Å². The molecule has 0 amide bonds. The molecule has 0 unspecified atom stereocenters. The van der Waals surface area contributed by atoms with Crippen molar-refractivity contribution in [1.82, 2.24) is 14.9 Å². The molecule has 148 valence electrons. The van der Waals surface area contributed by atoms with Crippen LogP contribution in [0.3, 0.4) is 0 Å². The van der Waals surface area contributed by atoms with E-state index in [0.717, 1.165) is 44.0 Å². The highest BCUT2D eigenvalue weighted by molar-refractivity contribution is 7.89. The number of aliphatic imine (C=N–C) groups is 1. The summed E-state index contributed by atoms with van der Waals surface area (Å²) in [7, 11) is -3.38. The fourth-order valence-corrected chi connectivity index (χ4v) is 5.36. The second kappa shape index (κ2) is 7.43. The van der Waals surface area contributed by atoms with Crippen LogP contribution < -0.4 is 10.0 Å². The zero-order chi connectivity index (χ0) is 18.9. The SMILES string of the molecule is CCNC(=NCc1ccc(S(=O)(=O)NC2CC2)cc1)N1CCC2(CCC2)C1. The Morgan fingerprint density at radius 1 is 1.22 bits per heavy atom. The largest absolute Gasteiger partial charge is 0.357 e. The summed E-state index contributed by atoms with van der Waals surface area (Å²) in [6.07, 6.45) is 7.24. The van der Waals surface area contributed by atoms with Gasteiger partial charge in [-0.2, -0.15) is 0 Å². The maximum absolute atomic E-state index is 12.3. The first-order chi connectivity index (χ1) is 13.0. The van der Waals surface area contributed by atoms with E-state index in [1.807, 2.05) is 12.1 Å². The van der Waals surface area contributed by atoms with Crippen LogP contribution in [0.2, 0.25) is 0 Å². The second-order valence-corrected chi connectivity index (χ2v) is 9.95. The third-order valence-electron chi connectivity index (χ3n) is 6.03. The fraction of sp³-hybridized carbons (Fsp3) is 0.650. The van der Waals surface area contributed by atoms with Gasteiger partial charge in [-0.15, -0.1) is 0 Å². The van der Waals surface area contributed by atoms with E-state index in [9.17, 15) is 8.42 Å². The average Bonchev–Trinajstić information content (AvgIpc) is 3.30. The summed E-state index contributed by atoms with van der Waals surface area (Å²) in [5.41, 5.74) is 1.56. The lowest BCUT2D eigenvalue weighted by Crippen LogP contribution is -2.42. The van der Waals surface area contributed by atoms with Crippen LogP contribution in [0.5, 0.6) is 0 Å². The Morgan fingerprint density at radius 2 is 1.96 bits per heavy atom. The summed E-state index contributed by atoms with van der Waals surface area (Å²) >= 11 is 0. The molecule has 27 heavy (non-hydrogen) atoms. The lowest BCUT2D eigenvalue weighted by Gasteiger charge is -2.38. The molecule has 4 rings (SSSR count). The molecule has 7 heteroatoms. The normalized spacial score (nSPS) is 22.1. The molecular formula is C20H30N4O2S. The molecule has 2 N–H and O–H groups in total. The Bertz CT molecular complexity index is 796. The molecule has 0 aromatic heterocycles. The molecule has 1 aromatic rings. The van der Waals surface area contributed by atoms with Crippen molar-refractivity contribution in [2.24, 2.45) is 10.4 Å². The van der Waals surface area contributed by atoms with Gasteiger partial charge >= 0.3 is 0 Å². The summed E-state index contributed by atoms with van der Waals surface area (Å²) in [6.45, 7) is 5.70. The highest BCUT2D eigenvalue weighted by Gasteiger charge is 2.43. The first-order valence-corrected chi connectivity index (χ1v) is 11.6. The molecule has 3 fully saturated rings. The monoisotopic (exact) mass is 390 g/mol. The van der Waals surface area contributed by atoms with E-state index < -0.39 is 10.0 Å². The summed E-state index contributed by atoms with van der Waals surface area (Å²) < 4.78 is 27.2. The molecule has 2 aliphatic carbocycles. The number of likely N-dealkylation sites (tertiary alicyclic amines) is 1. The lowest BCUT2D eigenvalue weighted by molar-refractivity contribution is 0.151. The van der Waals surface area contributed by atoms with Crippen LogP contribution in [0.15, 0.2) is 34.2 Å². The van der Waals surface area contributed by atoms with E-state index in [-0.39, 0.29) is 6.04 Å². The topological polar surface area (TPSA) is 73.8 Å². The maximum atomic E-state index is 12.3. The van der Waals surface area contributed by atoms with E-state index in [1.165, 1.54) is 25.7 Å². The molecule has 1 aromatic carbocycles. The van der Waals surface area contributed by atoms with Crippen LogP contribution in [-0.4, -0.2) is 45.0 Å². The van der Waals surface area contributed by atoms with Gasteiger partial charge in [0.25, 0.3) is 0 Å². The molecule has 1 spiro atoms. The van der Waals surface area contributed by atoms with Gasteiger partial charge in [0.1, 0.15) is 0 Å². The molecule has 2 saturated carbocycles. The number of sulfonamides is 1. The van der Waals surface area contributed by atoms with Crippen molar-refractivity contribution in [2.75, 3.05) is 19.6 Å². The van der Waals surface area contributed by atoms with Gasteiger partial charge in [-0.05, 0) is 62.1 Å². The van der Waals surface area contributed by atoms with Crippen LogP contribution >= 0.6 is 0 Å². The Balaban J connectivity index is 1.40. The maximum Gasteiger partial charge on any atom is 0.240 e. The number of guanidine groups is 1. The minimum atomic E-state index is -3.38. The predicted molar refractivity (Wildman–Crippen MR) is 107 cm³/mol. The molecule has 0 atom stereocenters. The van der Waals surface area contributed by atoms with Gasteiger partial charge in [-0.3, -0.25) is 0 Å². The highest BCUT2D eigenvalue weighted by atomic mass is 32.2. The molecule has 1 aliphatic heterocycles. The van der Waals surface area contributed by atoms with Gasteiger partial charge in [0, 0.05) is 25.7 Å². The third kappa shape index (κ3) is 4.29. The number of nitrogens with zero attached hydrogens (tertiary/aromatic N) is 2. The Hall–Kier alpha value is -1.60. The molecule has 1 heterocycles. The minimum absolute atomic E-state index is 0.126. The predicted octanol–water partition coefficient (Wildman–Crippen LogP) is 2.47. The molecular weight excluding hydrogens is 360 g/mol. The van der Waals surface area contributed by atoms with Gasteiger partial charge in [0.2, 0.25) is 10.0 Å². The zero-order valence-corrected chi connectivity index (χ0v) is 16.9. The van der Waals surface area contributed by atoms with Crippen LogP contribution in [0.25, 0.3) is 0 Å². The quantitative estimate of drug-likeness (QED) is 0.578. The summed E-state index contributed by atoms with van der Waals surface area (Å²) in [4.78, 5) is 7.53. The molecule has 3 aliphatic rings. The first-order valence-electron chi connectivity index (χ1n) is 10.1. The molecule has 0 radical (unpaired) electrons. The van der Waals surface area contributed by atoms with E-state index in [2.05, 4.69) is 21.9 Å². The number of rotatable bonds is 6. The van der Waals surface area contributed by atoms with Crippen molar-refractivity contribution in [1.29, 1.82) is 0 Å². The van der Waals surface area contributed by atoms with Crippen LogP contribution in [0.4, 0.5) is 0 Å². The Kier molecular flexibility index (Phi) is 5.16. The average molecular weight is 391 g/mol. The van der Waals surface area contributed by atoms with Gasteiger partial charge in [-0.1, -0.05) is 18.6 Å². The standard InChI is InChI=1S/C20H30N4O2S/c1-2-21-19(24-13-12-20(15-24)10-3-11-20)22-14-16-4-8-18(9-5-16)27(25,26)23-17-6-7-17/h4-5,8-9,17,23H,2-3,6-7,10-15H2,1H3,(H,21,22). The van der Waals surface area contributed by atoms with Crippen LogP contribution in [0, 0.1) is 5.41 Å². The molecule has 1 saturated heterocycles. The number of nitrogens with one attached hydrogen (secondary N) is 2. The second-order valence-electron chi connectivity index (χ2n) is 8.23. The van der Waals surface area contributed by atoms with Crippen LogP contribution in [-0.2, 0) is 16.6 Å². The summed E-state index contributed by atoms with van der Waals surface area (Å²) in [5, 5.41) is 3.41. The Morgan fingerprint density at radius 3 is 2.52 bits per heavy atom. The van der Waals surface area contributed by atoms with Crippen molar-refractivity contribution in [3.8, 4) is 0 Å². The Labute approximate surface area is 162 Å². The van der Waals surface area contributed by atoms with Gasteiger partial charge in [0.05, 0.1) is 11.4 Å². The van der Waals surface area contributed by atoms with Crippen molar-refractivity contribution in [3.63, 3.8) is 0 Å². The molecule has 6 nitrogen and oxygen atoms in total. The lowest BCUT2D eigenvalue weighted by atomic mass is 9.68. The van der Waals surface area contributed by atoms with Crippen molar-refractivity contribution < 1.29 is 8.42 Å². The van der Waals surface area contributed by atoms with Crippen LogP contribution in [0.1, 0.15) is 51.0 Å². The van der Waals surface area contributed by atoms with Crippen molar-refractivity contribution >= 4 is 16.0 Å². The zero-order valence-electron chi connectivity index (χ0n) is 16.1. The van der Waals surface area contributed by atoms with Crippen molar-refractivity contribution in [2.45, 2.75) is 62.9 Å². The number of benzene rings is 1. The van der Waals surface area contributed by atoms with Gasteiger partial charge < -0.3 is 10.2 Å². The summed E-state index contributed by atoms with van der Waals surface area (Å²) in [5.74, 6) is 0.980. The van der Waals surface area contributed by atoms with E-state index in [4.69, 9.17) is 4.99 Å². The van der Waals surface area contributed by atoms with E-state index in [1.54, 1.807) is 12.1 Å². The third-order valence-corrected chi connectivity index (χ3v) is 7.57. The minimum Gasteiger partial charge on any atom is -0.357 e. The van der Waals surface area contributed by atoms with Gasteiger partial charge in [-0.25, -0.2) is 18.1 Å². The first kappa shape index (κ1) is 18.7. The van der Waals surface area contributed by atoms with Crippen molar-refractivity contribution in [3.05, 3.63) is 29.8 Å². The van der Waals surface area contributed by atoms with Gasteiger partial charge in [0.15, 0.2) is 5.96 Å².